The normalized spacial score (nSPS) is 19.4. The lowest BCUT2D eigenvalue weighted by molar-refractivity contribution is -0.130. The minimum Gasteiger partial charge on any atom is -0.341 e. The number of hydrogen-bond donors (Lipinski definition) is 0. The van der Waals surface area contributed by atoms with Crippen molar-refractivity contribution in [2.45, 2.75) is 65.1 Å². The molecule has 0 spiro atoms. The van der Waals surface area contributed by atoms with Gasteiger partial charge in [-0.25, -0.2) is 0 Å². The first-order valence-electron chi connectivity index (χ1n) is 8.48. The van der Waals surface area contributed by atoms with Crippen LogP contribution in [0.3, 0.4) is 0 Å². The zero-order valence-electron chi connectivity index (χ0n) is 14.5. The van der Waals surface area contributed by atoms with Gasteiger partial charge in [0.05, 0.1) is 6.20 Å². The molecule has 1 aromatic rings. The number of rotatable bonds is 6. The fraction of sp³-hybridized carbons (Fsp3) is 0.765. The summed E-state index contributed by atoms with van der Waals surface area (Å²) in [5.41, 5.74) is 2.31. The fourth-order valence-corrected chi connectivity index (χ4v) is 3.29. The maximum atomic E-state index is 12.4. The molecule has 0 aliphatic carbocycles. The maximum absolute atomic E-state index is 12.4. The molecule has 1 saturated heterocycles. The van der Waals surface area contributed by atoms with Crippen LogP contribution in [0.4, 0.5) is 0 Å². The monoisotopic (exact) mass is 306 g/mol. The SMILES string of the molecule is CCn1ncc(CN(C)C(=O)CC[C@@H]2CCCCN2C)c1C. The Balaban J connectivity index is 1.82. The largest absolute Gasteiger partial charge is 0.341 e. The molecule has 1 amide bonds. The van der Waals surface area contributed by atoms with Crippen LogP contribution in [0.5, 0.6) is 0 Å². The Labute approximate surface area is 134 Å². The Morgan fingerprint density at radius 2 is 2.23 bits per heavy atom. The van der Waals surface area contributed by atoms with E-state index in [1.54, 1.807) is 0 Å². The summed E-state index contributed by atoms with van der Waals surface area (Å²) in [7, 11) is 4.08. The second-order valence-corrected chi connectivity index (χ2v) is 6.49. The van der Waals surface area contributed by atoms with Crippen LogP contribution in [0.15, 0.2) is 6.20 Å². The molecule has 1 aliphatic rings. The molecule has 0 radical (unpaired) electrons. The van der Waals surface area contributed by atoms with Crippen molar-refractivity contribution < 1.29 is 4.79 Å². The van der Waals surface area contributed by atoms with Gasteiger partial charge in [0.15, 0.2) is 0 Å². The predicted molar refractivity (Wildman–Crippen MR) is 88.6 cm³/mol. The van der Waals surface area contributed by atoms with E-state index < -0.39 is 0 Å². The summed E-state index contributed by atoms with van der Waals surface area (Å²) in [6, 6.07) is 0.579. The number of piperidine rings is 1. The molecule has 5 nitrogen and oxygen atoms in total. The molecule has 5 heteroatoms. The third-order valence-electron chi connectivity index (χ3n) is 4.95. The van der Waals surface area contributed by atoms with Gasteiger partial charge in [0.2, 0.25) is 5.91 Å². The summed E-state index contributed by atoms with van der Waals surface area (Å²) in [6.45, 7) is 6.85. The van der Waals surface area contributed by atoms with Crippen molar-refractivity contribution in [3.63, 3.8) is 0 Å². The summed E-state index contributed by atoms with van der Waals surface area (Å²) in [4.78, 5) is 16.6. The van der Waals surface area contributed by atoms with Gasteiger partial charge in [-0.2, -0.15) is 5.10 Å². The highest BCUT2D eigenvalue weighted by molar-refractivity contribution is 5.75. The number of hydrogen-bond acceptors (Lipinski definition) is 3. The van der Waals surface area contributed by atoms with Crippen molar-refractivity contribution in [3.8, 4) is 0 Å². The van der Waals surface area contributed by atoms with E-state index in [0.717, 1.165) is 24.2 Å². The van der Waals surface area contributed by atoms with Gasteiger partial charge < -0.3 is 9.80 Å². The van der Waals surface area contributed by atoms with Gasteiger partial charge >= 0.3 is 0 Å². The predicted octanol–water partition coefficient (Wildman–Crippen LogP) is 2.43. The van der Waals surface area contributed by atoms with Gasteiger partial charge in [-0.1, -0.05) is 6.42 Å². The molecule has 1 aliphatic heterocycles. The molecule has 1 aromatic heterocycles. The molecular formula is C17H30N4O. The van der Waals surface area contributed by atoms with Gasteiger partial charge in [0.1, 0.15) is 0 Å². The molecule has 1 atom stereocenters. The van der Waals surface area contributed by atoms with Crippen LogP contribution in [0, 0.1) is 6.92 Å². The summed E-state index contributed by atoms with van der Waals surface area (Å²) in [6.07, 6.45) is 7.34. The zero-order valence-corrected chi connectivity index (χ0v) is 14.5. The number of likely N-dealkylation sites (tertiary alicyclic amines) is 1. The number of aryl methyl sites for hydroxylation is 1. The second-order valence-electron chi connectivity index (χ2n) is 6.49. The lowest BCUT2D eigenvalue weighted by Crippen LogP contribution is -2.37. The minimum absolute atomic E-state index is 0.239. The second kappa shape index (κ2) is 7.77. The molecule has 124 valence electrons. The lowest BCUT2D eigenvalue weighted by Gasteiger charge is -2.32. The van der Waals surface area contributed by atoms with Crippen molar-refractivity contribution >= 4 is 5.91 Å². The van der Waals surface area contributed by atoms with Crippen LogP contribution < -0.4 is 0 Å². The Kier molecular flexibility index (Phi) is 6.00. The van der Waals surface area contributed by atoms with E-state index in [1.165, 1.54) is 25.8 Å². The number of carbonyl (C=O) groups is 1. The molecule has 0 bridgehead atoms. The third-order valence-corrected chi connectivity index (χ3v) is 4.95. The Bertz CT molecular complexity index is 497. The smallest absolute Gasteiger partial charge is 0.222 e. The van der Waals surface area contributed by atoms with Crippen molar-refractivity contribution in [2.75, 3.05) is 20.6 Å². The Morgan fingerprint density at radius 3 is 2.86 bits per heavy atom. The van der Waals surface area contributed by atoms with Crippen molar-refractivity contribution in [2.24, 2.45) is 0 Å². The average molecular weight is 306 g/mol. The van der Waals surface area contributed by atoms with E-state index in [0.29, 0.717) is 19.0 Å². The Morgan fingerprint density at radius 1 is 1.45 bits per heavy atom. The number of amides is 1. The summed E-state index contributed by atoms with van der Waals surface area (Å²) in [5.74, 6) is 0.239. The highest BCUT2D eigenvalue weighted by Crippen LogP contribution is 2.19. The van der Waals surface area contributed by atoms with Gasteiger partial charge in [0.25, 0.3) is 0 Å². The first-order valence-corrected chi connectivity index (χ1v) is 8.48. The quantitative estimate of drug-likeness (QED) is 0.810. The van der Waals surface area contributed by atoms with Crippen LogP contribution in [-0.4, -0.2) is 52.2 Å². The maximum Gasteiger partial charge on any atom is 0.222 e. The van der Waals surface area contributed by atoms with Crippen molar-refractivity contribution in [1.82, 2.24) is 19.6 Å². The third kappa shape index (κ3) is 4.09. The highest BCUT2D eigenvalue weighted by Gasteiger charge is 2.21. The first-order chi connectivity index (χ1) is 10.5. The standard InChI is InChI=1S/C17H30N4O/c1-5-21-14(2)15(12-18-21)13-20(4)17(22)10-9-16-8-6-7-11-19(16)3/h12,16H,5-11,13H2,1-4H3/t16-/m0/s1. The van der Waals surface area contributed by atoms with Gasteiger partial charge in [-0.3, -0.25) is 9.48 Å². The fourth-order valence-electron chi connectivity index (χ4n) is 3.29. The molecule has 22 heavy (non-hydrogen) atoms. The van der Waals surface area contributed by atoms with Crippen LogP contribution in [0.2, 0.25) is 0 Å². The van der Waals surface area contributed by atoms with Crippen LogP contribution in [0.1, 0.15) is 50.3 Å². The van der Waals surface area contributed by atoms with Crippen molar-refractivity contribution in [3.05, 3.63) is 17.5 Å². The van der Waals surface area contributed by atoms with E-state index in [-0.39, 0.29) is 5.91 Å². The van der Waals surface area contributed by atoms with E-state index in [9.17, 15) is 4.79 Å². The van der Waals surface area contributed by atoms with E-state index in [2.05, 4.69) is 30.9 Å². The average Bonchev–Trinajstić information content (AvgIpc) is 2.86. The van der Waals surface area contributed by atoms with Crippen LogP contribution >= 0.6 is 0 Å². The highest BCUT2D eigenvalue weighted by atomic mass is 16.2. The number of carbonyl (C=O) groups excluding carboxylic acids is 1. The molecule has 0 unspecified atom stereocenters. The molecule has 0 N–H and O–H groups in total. The molecule has 0 saturated carbocycles. The molecular weight excluding hydrogens is 276 g/mol. The number of nitrogens with zero attached hydrogens (tertiary/aromatic N) is 4. The summed E-state index contributed by atoms with van der Waals surface area (Å²) >= 11 is 0. The zero-order chi connectivity index (χ0) is 16.1. The first kappa shape index (κ1) is 17.0. The van der Waals surface area contributed by atoms with E-state index in [4.69, 9.17) is 0 Å². The van der Waals surface area contributed by atoms with Gasteiger partial charge in [-0.15, -0.1) is 0 Å². The van der Waals surface area contributed by atoms with Gasteiger partial charge in [0, 0.05) is 43.9 Å². The van der Waals surface area contributed by atoms with E-state index in [1.807, 2.05) is 22.8 Å². The molecule has 2 heterocycles. The van der Waals surface area contributed by atoms with Crippen molar-refractivity contribution in [1.29, 1.82) is 0 Å². The van der Waals surface area contributed by atoms with E-state index >= 15 is 0 Å². The Hall–Kier alpha value is -1.36. The van der Waals surface area contributed by atoms with Crippen LogP contribution in [-0.2, 0) is 17.9 Å². The molecule has 2 rings (SSSR count). The minimum atomic E-state index is 0.239. The van der Waals surface area contributed by atoms with Gasteiger partial charge in [-0.05, 0) is 46.7 Å². The summed E-state index contributed by atoms with van der Waals surface area (Å²) in [5, 5.41) is 4.35. The van der Waals surface area contributed by atoms with Crippen LogP contribution in [0.25, 0.3) is 0 Å². The summed E-state index contributed by atoms with van der Waals surface area (Å²) < 4.78 is 1.98. The molecule has 1 fully saturated rings. The lowest BCUT2D eigenvalue weighted by atomic mass is 9.98. The molecule has 0 aromatic carbocycles. The number of aromatic nitrogens is 2. The topological polar surface area (TPSA) is 41.4 Å².